The number of carbonyl (C=O) groups is 6. The van der Waals surface area contributed by atoms with E-state index in [1.165, 1.54) is 13.8 Å². The van der Waals surface area contributed by atoms with Gasteiger partial charge in [-0.2, -0.15) is 0 Å². The van der Waals surface area contributed by atoms with Gasteiger partial charge in [-0.1, -0.05) is 27.9 Å². The van der Waals surface area contributed by atoms with Crippen molar-refractivity contribution in [2.75, 3.05) is 13.1 Å². The molecule has 2 unspecified atom stereocenters. The van der Waals surface area contributed by atoms with Crippen LogP contribution in [-0.4, -0.2) is 76.0 Å². The molecule has 0 aromatic carbocycles. The zero-order valence-electron chi connectivity index (χ0n) is 19.7. The van der Waals surface area contributed by atoms with Gasteiger partial charge >= 0.3 is 11.9 Å². The summed E-state index contributed by atoms with van der Waals surface area (Å²) in [7, 11) is 0. The van der Waals surface area contributed by atoms with Gasteiger partial charge in [-0.05, 0) is 19.4 Å². The van der Waals surface area contributed by atoms with Gasteiger partial charge in [0.05, 0.1) is 0 Å². The molecule has 1 rings (SSSR count). The number of nitrogens with two attached hydrogens (primary N) is 2. The van der Waals surface area contributed by atoms with Gasteiger partial charge in [-0.3, -0.25) is 24.0 Å². The molecule has 8 N–H and O–H groups in total. The Kier molecular flexibility index (Phi) is 24.2. The largest absolute Gasteiger partial charge is 0.511 e. The molecule has 0 bridgehead atoms. The van der Waals surface area contributed by atoms with Crippen molar-refractivity contribution in [2.45, 2.75) is 79.8 Å². The number of carbonyl (C=O) groups excluding carboxylic acids is 5. The number of amides is 4. The van der Waals surface area contributed by atoms with Gasteiger partial charge in [0.1, 0.15) is 17.8 Å². The number of hydroxylamine groups is 2. The minimum absolute atomic E-state index is 0. The molecule has 210 valence electrons. The lowest BCUT2D eigenvalue weighted by atomic mass is 10.1. The molecule has 4 amide bonds. The number of aliphatic carboxylic acids is 1. The van der Waals surface area contributed by atoms with Crippen LogP contribution in [0.1, 0.15) is 67.7 Å². The van der Waals surface area contributed by atoms with E-state index in [-0.39, 0.29) is 51.8 Å². The molecule has 14 heteroatoms. The summed E-state index contributed by atoms with van der Waals surface area (Å²) in [6.45, 7) is 7.84. The smallest absolute Gasteiger partial charge is 0.330 e. The van der Waals surface area contributed by atoms with Crippen molar-refractivity contribution in [1.82, 2.24) is 15.7 Å². The van der Waals surface area contributed by atoms with Crippen LogP contribution in [0, 0.1) is 0 Å². The Bertz CT molecular complexity index is 727. The molecule has 1 aliphatic rings. The topological polar surface area (TPSA) is 231 Å². The molecule has 2 atom stereocenters. The zero-order chi connectivity index (χ0) is 26.8. The van der Waals surface area contributed by atoms with Gasteiger partial charge in [0.15, 0.2) is 0 Å². The number of rotatable bonds is 10. The molecule has 1 fully saturated rings. The standard InChI is InChI=1S/C8H14N2O3.C6H14N2O2.C6H7NO4.2CH4/c1-5(11)8(10-7(3)13)4-9-6(2)12;7-4-2-1-3-5(8)6(9)10;1-4(8)11-7-5(9)2-3-6(7)10;;/h8,11H,1,4H2,2-3H3,(H,9,12)(H,10,13);5H,1-4,7-8H2,(H,9,10);2-3H2,1H3;2*1H4. The van der Waals surface area contributed by atoms with Crippen molar-refractivity contribution < 1.29 is 43.8 Å². The summed E-state index contributed by atoms with van der Waals surface area (Å²) >= 11 is 0. The summed E-state index contributed by atoms with van der Waals surface area (Å²) in [6, 6.07) is -1.34. The Morgan fingerprint density at radius 2 is 1.53 bits per heavy atom. The van der Waals surface area contributed by atoms with Crippen molar-refractivity contribution in [2.24, 2.45) is 11.5 Å². The lowest BCUT2D eigenvalue weighted by Crippen LogP contribution is -2.43. The van der Waals surface area contributed by atoms with Gasteiger partial charge in [-0.25, -0.2) is 4.79 Å². The Labute approximate surface area is 212 Å². The minimum Gasteiger partial charge on any atom is -0.511 e. The van der Waals surface area contributed by atoms with Gasteiger partial charge in [-0.15, -0.1) is 5.06 Å². The SMILES string of the molecule is C.C.C=C(O)C(CNC(C)=O)NC(C)=O.CC(=O)ON1C(=O)CCC1=O.NCCCCC(N)C(=O)O. The predicted molar refractivity (Wildman–Crippen MR) is 133 cm³/mol. The van der Waals surface area contributed by atoms with Crippen molar-refractivity contribution in [1.29, 1.82) is 0 Å². The Hall–Kier alpha value is -3.52. The molecule has 36 heavy (non-hydrogen) atoms. The zero-order valence-corrected chi connectivity index (χ0v) is 19.7. The third kappa shape index (κ3) is 21.0. The first-order valence-corrected chi connectivity index (χ1v) is 10.3. The number of aliphatic hydroxyl groups is 1. The molecule has 1 heterocycles. The average Bonchev–Trinajstić information content (AvgIpc) is 3.03. The van der Waals surface area contributed by atoms with Crippen LogP contribution in [0.15, 0.2) is 12.3 Å². The van der Waals surface area contributed by atoms with Gasteiger partial charge in [0, 0.05) is 40.2 Å². The number of hydrogen-bond donors (Lipinski definition) is 6. The van der Waals surface area contributed by atoms with Crippen LogP contribution >= 0.6 is 0 Å². The second-order valence-electron chi connectivity index (χ2n) is 7.08. The molecular formula is C22H43N5O9. The molecule has 0 spiro atoms. The summed E-state index contributed by atoms with van der Waals surface area (Å²) < 4.78 is 0. The van der Waals surface area contributed by atoms with E-state index in [0.717, 1.165) is 19.8 Å². The summed E-state index contributed by atoms with van der Waals surface area (Å²) in [4.78, 5) is 67.4. The number of nitrogens with zero attached hydrogens (tertiary/aromatic N) is 1. The molecule has 1 saturated heterocycles. The first-order valence-electron chi connectivity index (χ1n) is 10.3. The summed E-state index contributed by atoms with van der Waals surface area (Å²) in [5.41, 5.74) is 10.4. The van der Waals surface area contributed by atoms with E-state index >= 15 is 0 Å². The molecule has 14 nitrogen and oxygen atoms in total. The summed E-state index contributed by atoms with van der Waals surface area (Å²) in [5.74, 6) is -3.19. The van der Waals surface area contributed by atoms with Crippen LogP contribution in [0.2, 0.25) is 0 Å². The highest BCUT2D eigenvalue weighted by molar-refractivity contribution is 6.01. The number of imide groups is 1. The maximum Gasteiger partial charge on any atom is 0.330 e. The van der Waals surface area contributed by atoms with E-state index < -0.39 is 35.8 Å². The number of aliphatic hydroxyl groups excluding tert-OH is 1. The van der Waals surface area contributed by atoms with E-state index in [1.54, 1.807) is 0 Å². The molecule has 0 aliphatic carbocycles. The number of carboxylic acid groups (broad SMARTS) is 1. The molecule has 0 saturated carbocycles. The van der Waals surface area contributed by atoms with E-state index in [2.05, 4.69) is 22.1 Å². The number of hydrogen-bond acceptors (Lipinski definition) is 10. The van der Waals surface area contributed by atoms with E-state index in [4.69, 9.17) is 21.7 Å². The highest BCUT2D eigenvalue weighted by atomic mass is 16.7. The quantitative estimate of drug-likeness (QED) is 0.128. The summed E-state index contributed by atoms with van der Waals surface area (Å²) in [6.07, 6.45) is 2.43. The van der Waals surface area contributed by atoms with Gasteiger partial charge < -0.3 is 37.2 Å². The fraction of sp³-hybridized carbons (Fsp3) is 0.636. The van der Waals surface area contributed by atoms with Crippen LogP contribution in [-0.2, 0) is 33.6 Å². The fourth-order valence-electron chi connectivity index (χ4n) is 2.16. The van der Waals surface area contributed by atoms with Crippen molar-refractivity contribution in [3.63, 3.8) is 0 Å². The second-order valence-corrected chi connectivity index (χ2v) is 7.08. The first kappa shape index (κ1) is 39.7. The van der Waals surface area contributed by atoms with Crippen LogP contribution in [0.25, 0.3) is 0 Å². The van der Waals surface area contributed by atoms with Crippen molar-refractivity contribution >= 4 is 35.6 Å². The van der Waals surface area contributed by atoms with Crippen LogP contribution in [0.3, 0.4) is 0 Å². The lowest BCUT2D eigenvalue weighted by Gasteiger charge is -2.16. The Balaban J connectivity index is -0.000000209. The van der Waals surface area contributed by atoms with Crippen molar-refractivity contribution in [3.05, 3.63) is 12.3 Å². The number of nitrogens with one attached hydrogen (secondary N) is 2. The van der Waals surface area contributed by atoms with E-state index in [1.807, 2.05) is 0 Å². The maximum absolute atomic E-state index is 10.7. The average molecular weight is 522 g/mol. The third-order valence-electron chi connectivity index (χ3n) is 3.85. The van der Waals surface area contributed by atoms with Gasteiger partial charge in [0.2, 0.25) is 11.8 Å². The Morgan fingerprint density at radius 1 is 1.03 bits per heavy atom. The van der Waals surface area contributed by atoms with Crippen molar-refractivity contribution in [3.8, 4) is 0 Å². The lowest BCUT2D eigenvalue weighted by molar-refractivity contribution is -0.195. The van der Waals surface area contributed by atoms with Crippen LogP contribution in [0.5, 0.6) is 0 Å². The monoisotopic (exact) mass is 521 g/mol. The molecule has 1 aliphatic heterocycles. The molecule has 0 radical (unpaired) electrons. The predicted octanol–water partition coefficient (Wildman–Crippen LogP) is 0.112. The molecule has 0 aromatic heterocycles. The van der Waals surface area contributed by atoms with Gasteiger partial charge in [0.25, 0.3) is 11.8 Å². The Morgan fingerprint density at radius 3 is 1.86 bits per heavy atom. The molecular weight excluding hydrogens is 478 g/mol. The summed E-state index contributed by atoms with van der Waals surface area (Å²) in [5, 5.41) is 22.7. The highest BCUT2D eigenvalue weighted by Crippen LogP contribution is 2.11. The maximum atomic E-state index is 10.7. The first-order chi connectivity index (χ1) is 15.7. The van der Waals surface area contributed by atoms with Crippen LogP contribution < -0.4 is 22.1 Å². The van der Waals surface area contributed by atoms with E-state index in [0.29, 0.717) is 18.0 Å². The number of carboxylic acids is 1. The normalized spacial score (nSPS) is 13.1. The second kappa shape index (κ2) is 22.0. The van der Waals surface area contributed by atoms with E-state index in [9.17, 15) is 28.8 Å². The van der Waals surface area contributed by atoms with Crippen LogP contribution in [0.4, 0.5) is 0 Å². The minimum atomic E-state index is -0.933. The fourth-order valence-corrected chi connectivity index (χ4v) is 2.16. The number of unbranched alkanes of at least 4 members (excludes halogenated alkanes) is 1. The third-order valence-corrected chi connectivity index (χ3v) is 3.85. The highest BCUT2D eigenvalue weighted by Gasteiger charge is 2.31. The molecule has 0 aromatic rings.